The van der Waals surface area contributed by atoms with Gasteiger partial charge in [0.1, 0.15) is 6.04 Å². The zero-order valence-corrected chi connectivity index (χ0v) is 38.9. The van der Waals surface area contributed by atoms with E-state index in [1.807, 2.05) is 37.4 Å². The number of anilines is 2. The Hall–Kier alpha value is -6.74. The molecule has 4 aliphatic rings. The number of piperidine rings is 1. The van der Waals surface area contributed by atoms with Crippen molar-refractivity contribution in [1.82, 2.24) is 35.2 Å². The zero-order valence-electron chi connectivity index (χ0n) is 38.9. The maximum atomic E-state index is 13.9. The van der Waals surface area contributed by atoms with Crippen molar-refractivity contribution in [2.45, 2.75) is 50.9 Å². The highest BCUT2D eigenvalue weighted by Crippen LogP contribution is 2.36. The van der Waals surface area contributed by atoms with E-state index in [-0.39, 0.29) is 42.9 Å². The van der Waals surface area contributed by atoms with Crippen LogP contribution in [0.3, 0.4) is 0 Å². The fourth-order valence-corrected chi connectivity index (χ4v) is 9.37. The number of H-pyrrole nitrogens is 1. The fraction of sp³-hybridized carbons (Fsp3) is 0.420. The van der Waals surface area contributed by atoms with Crippen LogP contribution in [-0.4, -0.2) is 152 Å². The molecule has 0 aliphatic carbocycles. The number of aromatic nitrogens is 1. The summed E-state index contributed by atoms with van der Waals surface area (Å²) in [7, 11) is 2.01. The maximum Gasteiger partial charge on any atom is 0.417 e. The molecule has 70 heavy (non-hydrogen) atoms. The Bertz CT molecular complexity index is 2700. The van der Waals surface area contributed by atoms with Crippen molar-refractivity contribution in [2.24, 2.45) is 0 Å². The second-order valence-corrected chi connectivity index (χ2v) is 18.0. The molecule has 4 N–H and O–H groups in total. The van der Waals surface area contributed by atoms with Crippen LogP contribution in [0.1, 0.15) is 73.4 Å². The molecule has 3 saturated heterocycles. The summed E-state index contributed by atoms with van der Waals surface area (Å²) in [4.78, 5) is 100. The second kappa shape index (κ2) is 21.9. The number of hydrogen-bond acceptors (Lipinski definition) is 12. The summed E-state index contributed by atoms with van der Waals surface area (Å²) in [5.74, 6) is -3.28. The number of aryl methyl sites for hydroxylation is 1. The van der Waals surface area contributed by atoms with Crippen molar-refractivity contribution >= 4 is 46.8 Å². The lowest BCUT2D eigenvalue weighted by atomic mass is 9.99. The van der Waals surface area contributed by atoms with Crippen molar-refractivity contribution in [1.29, 1.82) is 0 Å². The monoisotopic (exact) mass is 967 g/mol. The standard InChI is InChI=1S/C50H56F3N9O8/c1-58-17-23-61(24-18-58)40-11-10-35(28-39(40)56-46(66)37-30-55-44(65)29-38(37)50(51,52)53)34-7-2-5-32(27-34)31-60-21-19-59(20-22-60)16-15-54-42(63)14-26-70-25-4-8-33-6-3-9-36-45(33)49(69)62(48(36)68)41-12-13-43(64)57-47(41)67/h2-3,5-7,9-11,27-30,41H,4,8,12-26,31H2,1H3,(H,54,63)(H,55,65)(H,56,66)(H,57,64,67). The van der Waals surface area contributed by atoms with Gasteiger partial charge < -0.3 is 30.2 Å². The number of fused-ring (bicyclic) bond motifs is 1. The first-order chi connectivity index (χ1) is 33.6. The average molecular weight is 968 g/mol. The first kappa shape index (κ1) is 49.7. The van der Waals surface area contributed by atoms with Gasteiger partial charge in [-0.1, -0.05) is 36.4 Å². The van der Waals surface area contributed by atoms with Gasteiger partial charge in [-0.05, 0) is 72.8 Å². The van der Waals surface area contributed by atoms with Gasteiger partial charge in [0.15, 0.2) is 0 Å². The highest BCUT2D eigenvalue weighted by molar-refractivity contribution is 6.24. The average Bonchev–Trinajstić information content (AvgIpc) is 3.59. The lowest BCUT2D eigenvalue weighted by molar-refractivity contribution is -0.138. The SMILES string of the molecule is CN1CCN(c2ccc(-c3cccc(CN4CCN(CCNC(=O)CCOCCCc5cccc6c5C(=O)N(C5CCC(=O)NC5=O)C6=O)CC4)c3)cc2NC(=O)c2c[nH]c(=O)cc2C(F)(F)F)CC1. The Balaban J connectivity index is 0.767. The molecule has 0 spiro atoms. The van der Waals surface area contributed by atoms with Crippen molar-refractivity contribution < 1.29 is 46.7 Å². The molecule has 0 saturated carbocycles. The number of nitrogens with one attached hydrogen (secondary N) is 4. The quantitative estimate of drug-likeness (QED) is 0.0886. The van der Waals surface area contributed by atoms with Crippen LogP contribution in [0, 0.1) is 0 Å². The molecule has 3 fully saturated rings. The molecule has 8 rings (SSSR count). The Labute approximate surface area is 402 Å². The number of imide groups is 2. The number of rotatable bonds is 17. The second-order valence-electron chi connectivity index (χ2n) is 18.0. The molecule has 4 aliphatic heterocycles. The maximum absolute atomic E-state index is 13.9. The number of aromatic amines is 1. The molecule has 3 aromatic carbocycles. The third-order valence-electron chi connectivity index (χ3n) is 13.2. The van der Waals surface area contributed by atoms with Gasteiger partial charge in [-0.15, -0.1) is 0 Å². The van der Waals surface area contributed by atoms with E-state index in [1.54, 1.807) is 24.3 Å². The van der Waals surface area contributed by atoms with Gasteiger partial charge in [0, 0.05) is 104 Å². The number of nitrogens with zero attached hydrogens (tertiary/aromatic N) is 5. The minimum Gasteiger partial charge on any atom is -0.381 e. The summed E-state index contributed by atoms with van der Waals surface area (Å²) in [5.41, 5.74) is 2.01. The van der Waals surface area contributed by atoms with E-state index in [0.717, 1.165) is 67.1 Å². The predicted octanol–water partition coefficient (Wildman–Crippen LogP) is 3.74. The number of benzene rings is 3. The normalized spacial score (nSPS) is 18.3. The Morgan fingerprint density at radius 2 is 1.57 bits per heavy atom. The van der Waals surface area contributed by atoms with E-state index >= 15 is 0 Å². The molecule has 1 aromatic heterocycles. The van der Waals surface area contributed by atoms with Crippen LogP contribution in [0.5, 0.6) is 0 Å². The molecular weight excluding hydrogens is 912 g/mol. The number of likely N-dealkylation sites (N-methyl/N-ethyl adjacent to an activating group) is 1. The third-order valence-corrected chi connectivity index (χ3v) is 13.2. The summed E-state index contributed by atoms with van der Waals surface area (Å²) < 4.78 is 47.4. The van der Waals surface area contributed by atoms with Crippen LogP contribution in [0.4, 0.5) is 24.5 Å². The number of pyridine rings is 1. The smallest absolute Gasteiger partial charge is 0.381 e. The van der Waals surface area contributed by atoms with Crippen LogP contribution in [-0.2, 0) is 38.3 Å². The number of alkyl halides is 3. The Kier molecular flexibility index (Phi) is 15.6. The predicted molar refractivity (Wildman–Crippen MR) is 253 cm³/mol. The Morgan fingerprint density at radius 3 is 2.33 bits per heavy atom. The molecule has 6 amide bonds. The van der Waals surface area contributed by atoms with E-state index in [1.165, 1.54) is 0 Å². The van der Waals surface area contributed by atoms with Crippen LogP contribution in [0.2, 0.25) is 0 Å². The topological polar surface area (TPSA) is 197 Å². The number of halogens is 3. The molecule has 0 radical (unpaired) electrons. The van der Waals surface area contributed by atoms with Gasteiger partial charge in [-0.3, -0.25) is 53.6 Å². The van der Waals surface area contributed by atoms with Crippen LogP contribution < -0.4 is 26.4 Å². The summed E-state index contributed by atoms with van der Waals surface area (Å²) in [5, 5.41) is 7.91. The van der Waals surface area contributed by atoms with Crippen molar-refractivity contribution in [3.63, 3.8) is 0 Å². The summed E-state index contributed by atoms with van der Waals surface area (Å²) in [6, 6.07) is 18.1. The lowest BCUT2D eigenvalue weighted by Gasteiger charge is -2.35. The number of carbonyl (C=O) groups excluding carboxylic acids is 6. The largest absolute Gasteiger partial charge is 0.417 e. The minimum atomic E-state index is -4.91. The highest BCUT2D eigenvalue weighted by Gasteiger charge is 2.45. The van der Waals surface area contributed by atoms with Crippen LogP contribution in [0.25, 0.3) is 11.1 Å². The fourth-order valence-electron chi connectivity index (χ4n) is 9.37. The minimum absolute atomic E-state index is 0.0481. The highest BCUT2D eigenvalue weighted by atomic mass is 19.4. The van der Waals surface area contributed by atoms with E-state index in [2.05, 4.69) is 46.6 Å². The molecule has 1 unspecified atom stereocenters. The Morgan fingerprint density at radius 1 is 0.829 bits per heavy atom. The lowest BCUT2D eigenvalue weighted by Crippen LogP contribution is -2.54. The van der Waals surface area contributed by atoms with Gasteiger partial charge in [0.05, 0.1) is 40.2 Å². The van der Waals surface area contributed by atoms with E-state index in [0.29, 0.717) is 75.2 Å². The van der Waals surface area contributed by atoms with E-state index < -0.39 is 58.4 Å². The molecular formula is C50H56F3N9O8. The zero-order chi connectivity index (χ0) is 49.5. The summed E-state index contributed by atoms with van der Waals surface area (Å²) >= 11 is 0. The van der Waals surface area contributed by atoms with Gasteiger partial charge in [0.25, 0.3) is 17.7 Å². The molecule has 5 heterocycles. The van der Waals surface area contributed by atoms with Crippen molar-refractivity contribution in [3.05, 3.63) is 117 Å². The van der Waals surface area contributed by atoms with Crippen LogP contribution >= 0.6 is 0 Å². The molecule has 0 bridgehead atoms. The third kappa shape index (κ3) is 11.8. The van der Waals surface area contributed by atoms with Gasteiger partial charge >= 0.3 is 6.18 Å². The molecule has 17 nitrogen and oxygen atoms in total. The number of hydrogen-bond donors (Lipinski definition) is 4. The van der Waals surface area contributed by atoms with Gasteiger partial charge in [-0.25, -0.2) is 0 Å². The number of piperazine rings is 2. The first-order valence-corrected chi connectivity index (χ1v) is 23.5. The summed E-state index contributed by atoms with van der Waals surface area (Å²) in [6.45, 7) is 8.61. The number of ether oxygens (including phenoxy) is 1. The number of amides is 6. The first-order valence-electron chi connectivity index (χ1n) is 23.5. The van der Waals surface area contributed by atoms with Crippen LogP contribution in [0.15, 0.2) is 77.7 Å². The molecule has 4 aromatic rings. The van der Waals surface area contributed by atoms with E-state index in [9.17, 15) is 46.7 Å². The molecule has 20 heteroatoms. The molecule has 1 atom stereocenters. The van der Waals surface area contributed by atoms with Crippen molar-refractivity contribution in [3.8, 4) is 11.1 Å². The van der Waals surface area contributed by atoms with Crippen molar-refractivity contribution in [2.75, 3.05) is 95.9 Å². The van der Waals surface area contributed by atoms with E-state index in [4.69, 9.17) is 4.74 Å². The van der Waals surface area contributed by atoms with Gasteiger partial charge in [-0.2, -0.15) is 13.2 Å². The number of carbonyl (C=O) groups is 6. The molecule has 370 valence electrons. The van der Waals surface area contributed by atoms with Gasteiger partial charge in [0.2, 0.25) is 23.3 Å². The summed E-state index contributed by atoms with van der Waals surface area (Å²) in [6.07, 6.45) is -2.78.